The lowest BCUT2D eigenvalue weighted by molar-refractivity contribution is 0.0943. The molecule has 5 heteroatoms. The second-order valence-corrected chi connectivity index (χ2v) is 4.41. The largest absolute Gasteiger partial charge is 0.348 e. The smallest absolute Gasteiger partial charge is 0.251 e. The van der Waals surface area contributed by atoms with Gasteiger partial charge in [0.2, 0.25) is 0 Å². The molecule has 0 aromatic heterocycles. The lowest BCUT2D eigenvalue weighted by Crippen LogP contribution is -2.33. The normalized spacial score (nSPS) is 12.3. The van der Waals surface area contributed by atoms with E-state index < -0.39 is 5.82 Å². The summed E-state index contributed by atoms with van der Waals surface area (Å²) in [6.07, 6.45) is 0. The van der Waals surface area contributed by atoms with Crippen molar-refractivity contribution in [2.75, 3.05) is 5.88 Å². The van der Waals surface area contributed by atoms with Gasteiger partial charge in [-0.2, -0.15) is 0 Å². The number of halogens is 3. The molecule has 2 nitrogen and oxygen atoms in total. The average molecular weight is 295 g/mol. The number of nitrogens with one attached hydrogen (secondary N) is 1. The summed E-state index contributed by atoms with van der Waals surface area (Å²) in [6, 6.07) is 3.89. The van der Waals surface area contributed by atoms with Crippen LogP contribution >= 0.6 is 27.5 Å². The second-order valence-electron chi connectivity index (χ2n) is 3.19. The predicted molar refractivity (Wildman–Crippen MR) is 61.7 cm³/mol. The summed E-state index contributed by atoms with van der Waals surface area (Å²) in [7, 11) is 0. The van der Waals surface area contributed by atoms with Gasteiger partial charge >= 0.3 is 0 Å². The van der Waals surface area contributed by atoms with E-state index in [-0.39, 0.29) is 17.5 Å². The van der Waals surface area contributed by atoms with Crippen LogP contribution in [-0.4, -0.2) is 17.8 Å². The fraction of sp³-hybridized carbons (Fsp3) is 0.300. The Morgan fingerprint density at radius 1 is 1.60 bits per heavy atom. The zero-order valence-electron chi connectivity index (χ0n) is 8.06. The Morgan fingerprint density at radius 2 is 2.27 bits per heavy atom. The van der Waals surface area contributed by atoms with Crippen LogP contribution in [0.25, 0.3) is 0 Å². The molecular weight excluding hydrogens is 284 g/mol. The number of amides is 1. The van der Waals surface area contributed by atoms with Crippen LogP contribution in [0, 0.1) is 5.82 Å². The Balaban J connectivity index is 2.82. The molecule has 0 saturated heterocycles. The lowest BCUT2D eigenvalue weighted by Gasteiger charge is -2.10. The topological polar surface area (TPSA) is 29.1 Å². The van der Waals surface area contributed by atoms with Crippen LogP contribution in [0.1, 0.15) is 17.3 Å². The third-order valence-electron chi connectivity index (χ3n) is 1.73. The monoisotopic (exact) mass is 293 g/mol. The predicted octanol–water partition coefficient (Wildman–Crippen LogP) is 2.95. The number of hydrogen-bond donors (Lipinski definition) is 1. The van der Waals surface area contributed by atoms with Gasteiger partial charge in [-0.3, -0.25) is 4.79 Å². The zero-order valence-corrected chi connectivity index (χ0v) is 10.4. The Labute approximate surface area is 101 Å². The van der Waals surface area contributed by atoms with E-state index in [1.54, 1.807) is 13.0 Å². The quantitative estimate of drug-likeness (QED) is 0.853. The Bertz CT molecular complexity index is 352. The van der Waals surface area contributed by atoms with E-state index in [1.165, 1.54) is 12.1 Å². The number of carbonyl (C=O) groups excluding carboxylic acids is 1. The molecule has 0 aliphatic heterocycles. The van der Waals surface area contributed by atoms with Crippen molar-refractivity contribution in [2.45, 2.75) is 13.0 Å². The van der Waals surface area contributed by atoms with E-state index in [2.05, 4.69) is 21.2 Å². The van der Waals surface area contributed by atoms with Crippen molar-refractivity contribution < 1.29 is 9.18 Å². The SMILES string of the molecule is CC(CCl)NC(=O)c1cc(F)cc(Br)c1. The lowest BCUT2D eigenvalue weighted by atomic mass is 10.2. The van der Waals surface area contributed by atoms with Crippen LogP contribution in [0.5, 0.6) is 0 Å². The molecule has 0 aliphatic rings. The van der Waals surface area contributed by atoms with Gasteiger partial charge in [0.05, 0.1) is 0 Å². The molecule has 82 valence electrons. The molecule has 15 heavy (non-hydrogen) atoms. The molecule has 0 heterocycles. The number of rotatable bonds is 3. The van der Waals surface area contributed by atoms with E-state index in [0.29, 0.717) is 10.4 Å². The molecule has 0 bridgehead atoms. The molecule has 1 unspecified atom stereocenters. The number of benzene rings is 1. The maximum atomic E-state index is 13.0. The van der Waals surface area contributed by atoms with Crippen LogP contribution < -0.4 is 5.32 Å². The summed E-state index contributed by atoms with van der Waals surface area (Å²) >= 11 is 8.67. The van der Waals surface area contributed by atoms with Gasteiger partial charge in [0.25, 0.3) is 5.91 Å². The highest BCUT2D eigenvalue weighted by molar-refractivity contribution is 9.10. The van der Waals surface area contributed by atoms with Gasteiger partial charge in [-0.25, -0.2) is 4.39 Å². The van der Waals surface area contributed by atoms with Gasteiger partial charge in [0, 0.05) is 22.0 Å². The van der Waals surface area contributed by atoms with Crippen molar-refractivity contribution in [1.82, 2.24) is 5.32 Å². The standard InChI is InChI=1S/C10H10BrClFNO/c1-6(5-12)14-10(15)7-2-8(11)4-9(13)3-7/h2-4,6H,5H2,1H3,(H,14,15). The molecule has 0 saturated carbocycles. The van der Waals surface area contributed by atoms with Crippen molar-refractivity contribution in [3.05, 3.63) is 34.1 Å². The molecule has 0 spiro atoms. The third-order valence-corrected chi connectivity index (χ3v) is 2.65. The van der Waals surface area contributed by atoms with Crippen molar-refractivity contribution in [2.24, 2.45) is 0 Å². The fourth-order valence-electron chi connectivity index (χ4n) is 1.03. The third kappa shape index (κ3) is 3.80. The van der Waals surface area contributed by atoms with Crippen LogP contribution in [0.15, 0.2) is 22.7 Å². The first-order valence-corrected chi connectivity index (χ1v) is 5.68. The minimum absolute atomic E-state index is 0.138. The summed E-state index contributed by atoms with van der Waals surface area (Å²) in [6.45, 7) is 1.78. The maximum absolute atomic E-state index is 13.0. The first kappa shape index (κ1) is 12.5. The molecule has 1 N–H and O–H groups in total. The Hall–Kier alpha value is -0.610. The fourth-order valence-corrected chi connectivity index (χ4v) is 1.57. The van der Waals surface area contributed by atoms with E-state index >= 15 is 0 Å². The van der Waals surface area contributed by atoms with Crippen molar-refractivity contribution >= 4 is 33.4 Å². The molecule has 1 aromatic rings. The van der Waals surface area contributed by atoms with E-state index in [9.17, 15) is 9.18 Å². The minimum Gasteiger partial charge on any atom is -0.348 e. The van der Waals surface area contributed by atoms with Gasteiger partial charge in [-0.15, -0.1) is 11.6 Å². The van der Waals surface area contributed by atoms with Crippen LogP contribution in [0.3, 0.4) is 0 Å². The summed E-state index contributed by atoms with van der Waals surface area (Å²) in [4.78, 5) is 11.6. The molecule has 1 aromatic carbocycles. The summed E-state index contributed by atoms with van der Waals surface area (Å²) in [5, 5.41) is 2.64. The highest BCUT2D eigenvalue weighted by atomic mass is 79.9. The van der Waals surface area contributed by atoms with Gasteiger partial charge in [-0.05, 0) is 25.1 Å². The van der Waals surface area contributed by atoms with Crippen molar-refractivity contribution in [3.8, 4) is 0 Å². The van der Waals surface area contributed by atoms with E-state index in [1.807, 2.05) is 0 Å². The first-order valence-electron chi connectivity index (χ1n) is 4.36. The van der Waals surface area contributed by atoms with Crippen LogP contribution in [0.2, 0.25) is 0 Å². The number of hydrogen-bond acceptors (Lipinski definition) is 1. The second kappa shape index (κ2) is 5.47. The maximum Gasteiger partial charge on any atom is 0.251 e. The highest BCUT2D eigenvalue weighted by Crippen LogP contribution is 2.14. The number of alkyl halides is 1. The molecule has 1 atom stereocenters. The van der Waals surface area contributed by atoms with Crippen molar-refractivity contribution in [3.63, 3.8) is 0 Å². The van der Waals surface area contributed by atoms with Gasteiger partial charge in [-0.1, -0.05) is 15.9 Å². The summed E-state index contributed by atoms with van der Waals surface area (Å²) in [5.41, 5.74) is 0.277. The summed E-state index contributed by atoms with van der Waals surface area (Å²) in [5.74, 6) is -0.459. The Morgan fingerprint density at radius 3 is 2.80 bits per heavy atom. The molecule has 0 fully saturated rings. The zero-order chi connectivity index (χ0) is 11.4. The first-order chi connectivity index (χ1) is 7.02. The highest BCUT2D eigenvalue weighted by Gasteiger charge is 2.10. The van der Waals surface area contributed by atoms with E-state index in [0.717, 1.165) is 0 Å². The van der Waals surface area contributed by atoms with Gasteiger partial charge in [0.15, 0.2) is 0 Å². The summed E-state index contributed by atoms with van der Waals surface area (Å²) < 4.78 is 13.5. The molecular formula is C10H10BrClFNO. The molecule has 0 radical (unpaired) electrons. The van der Waals surface area contributed by atoms with Gasteiger partial charge in [0.1, 0.15) is 5.82 Å². The van der Waals surface area contributed by atoms with Crippen LogP contribution in [0.4, 0.5) is 4.39 Å². The molecule has 0 aliphatic carbocycles. The van der Waals surface area contributed by atoms with Crippen molar-refractivity contribution in [1.29, 1.82) is 0 Å². The molecule has 1 rings (SSSR count). The Kier molecular flexibility index (Phi) is 4.54. The number of carbonyl (C=O) groups is 1. The van der Waals surface area contributed by atoms with E-state index in [4.69, 9.17) is 11.6 Å². The van der Waals surface area contributed by atoms with Crippen LogP contribution in [-0.2, 0) is 0 Å². The minimum atomic E-state index is -0.451. The van der Waals surface area contributed by atoms with Gasteiger partial charge < -0.3 is 5.32 Å². The average Bonchev–Trinajstić information content (AvgIpc) is 2.16. The molecule has 1 amide bonds.